The number of benzene rings is 3. The van der Waals surface area contributed by atoms with Gasteiger partial charge in [-0.05, 0) is 43.4 Å². The summed E-state index contributed by atoms with van der Waals surface area (Å²) in [6.45, 7) is 11.2. The summed E-state index contributed by atoms with van der Waals surface area (Å²) in [4.78, 5) is 29.1. The lowest BCUT2D eigenvalue weighted by Gasteiger charge is -2.32. The monoisotopic (exact) mass is 470 g/mol. The van der Waals surface area contributed by atoms with Crippen LogP contribution in [0.3, 0.4) is 0 Å². The van der Waals surface area contributed by atoms with Crippen molar-refractivity contribution in [1.82, 2.24) is 10.2 Å². The Morgan fingerprint density at radius 1 is 0.771 bits per heavy atom. The van der Waals surface area contributed by atoms with Crippen LogP contribution in [0.25, 0.3) is 0 Å². The fraction of sp³-hybridized carbons (Fsp3) is 0.355. The zero-order valence-electron chi connectivity index (χ0n) is 21.7. The van der Waals surface area contributed by atoms with E-state index in [-0.39, 0.29) is 18.2 Å². The number of carbonyl (C=O) groups is 2. The normalized spacial score (nSPS) is 11.8. The SMILES string of the molecule is Cc1cc(C)cc(CC(=O)N(Cc2cccc(C)c2)[C@@H](Cc2ccccc2)C(=O)NCC(C)C)c1. The number of aryl methyl sites for hydroxylation is 3. The molecule has 1 atom stereocenters. The average molecular weight is 471 g/mol. The van der Waals surface area contributed by atoms with Gasteiger partial charge < -0.3 is 10.2 Å². The predicted molar refractivity (Wildman–Crippen MR) is 143 cm³/mol. The van der Waals surface area contributed by atoms with E-state index in [1.54, 1.807) is 4.90 Å². The molecule has 3 rings (SSSR count). The summed E-state index contributed by atoms with van der Waals surface area (Å²) < 4.78 is 0. The van der Waals surface area contributed by atoms with Crippen LogP contribution in [0.15, 0.2) is 72.8 Å². The molecule has 0 aliphatic heterocycles. The third kappa shape index (κ3) is 8.10. The standard InChI is InChI=1S/C31H38N2O2/c1-22(2)20-32-31(35)29(18-26-11-7-6-8-12-26)33(21-27-13-9-10-23(3)15-27)30(34)19-28-16-24(4)14-25(5)17-28/h6-17,22,29H,18-21H2,1-5H3,(H,32,35)/t29-/m0/s1. The number of carbonyl (C=O) groups excluding carboxylic acids is 2. The van der Waals surface area contributed by atoms with E-state index < -0.39 is 6.04 Å². The molecular weight excluding hydrogens is 432 g/mol. The molecule has 3 aromatic carbocycles. The summed E-state index contributed by atoms with van der Waals surface area (Å²) in [5.74, 6) is 0.175. The van der Waals surface area contributed by atoms with Gasteiger partial charge in [-0.1, -0.05) is 103 Å². The van der Waals surface area contributed by atoms with Gasteiger partial charge in [0.2, 0.25) is 11.8 Å². The third-order valence-corrected chi connectivity index (χ3v) is 6.03. The highest BCUT2D eigenvalue weighted by molar-refractivity contribution is 5.88. The number of hydrogen-bond acceptors (Lipinski definition) is 2. The molecule has 0 bridgehead atoms. The topological polar surface area (TPSA) is 49.4 Å². The van der Waals surface area contributed by atoms with E-state index in [2.05, 4.69) is 43.4 Å². The van der Waals surface area contributed by atoms with Crippen molar-refractivity contribution in [2.75, 3.05) is 6.54 Å². The summed E-state index contributed by atoms with van der Waals surface area (Å²) in [6, 6.07) is 23.7. The second kappa shape index (κ2) is 12.3. The van der Waals surface area contributed by atoms with Gasteiger partial charge in [-0.15, -0.1) is 0 Å². The highest BCUT2D eigenvalue weighted by Gasteiger charge is 2.30. The molecule has 2 amide bonds. The van der Waals surface area contributed by atoms with Crippen molar-refractivity contribution in [1.29, 1.82) is 0 Å². The van der Waals surface area contributed by atoms with Crippen LogP contribution in [0, 0.1) is 26.7 Å². The Bertz CT molecular complexity index is 1120. The van der Waals surface area contributed by atoms with Crippen LogP contribution < -0.4 is 5.32 Å². The predicted octanol–water partition coefficient (Wildman–Crippen LogP) is 5.57. The summed E-state index contributed by atoms with van der Waals surface area (Å²) >= 11 is 0. The third-order valence-electron chi connectivity index (χ3n) is 6.03. The fourth-order valence-corrected chi connectivity index (χ4v) is 4.43. The maximum absolute atomic E-state index is 13.8. The van der Waals surface area contributed by atoms with Crippen LogP contribution >= 0.6 is 0 Å². The molecule has 0 fully saturated rings. The van der Waals surface area contributed by atoms with Crippen molar-refractivity contribution >= 4 is 11.8 Å². The molecule has 0 saturated carbocycles. The molecule has 0 aliphatic carbocycles. The van der Waals surface area contributed by atoms with Gasteiger partial charge in [0.25, 0.3) is 0 Å². The minimum absolute atomic E-state index is 0.0443. The maximum Gasteiger partial charge on any atom is 0.243 e. The number of rotatable bonds is 10. The van der Waals surface area contributed by atoms with E-state index in [0.717, 1.165) is 33.4 Å². The van der Waals surface area contributed by atoms with E-state index >= 15 is 0 Å². The smallest absolute Gasteiger partial charge is 0.243 e. The van der Waals surface area contributed by atoms with Gasteiger partial charge in [0.05, 0.1) is 6.42 Å². The Hall–Kier alpha value is -3.40. The van der Waals surface area contributed by atoms with E-state index in [1.807, 2.05) is 69.3 Å². The molecule has 0 heterocycles. The van der Waals surface area contributed by atoms with Gasteiger partial charge in [-0.3, -0.25) is 9.59 Å². The van der Waals surface area contributed by atoms with Gasteiger partial charge in [0.15, 0.2) is 0 Å². The van der Waals surface area contributed by atoms with Gasteiger partial charge in [-0.2, -0.15) is 0 Å². The molecule has 0 radical (unpaired) electrons. The Kier molecular flexibility index (Phi) is 9.25. The zero-order chi connectivity index (χ0) is 25.4. The van der Waals surface area contributed by atoms with Crippen molar-refractivity contribution in [2.24, 2.45) is 5.92 Å². The van der Waals surface area contributed by atoms with Crippen molar-refractivity contribution in [2.45, 2.75) is 60.0 Å². The first kappa shape index (κ1) is 26.2. The minimum Gasteiger partial charge on any atom is -0.354 e. The summed E-state index contributed by atoms with van der Waals surface area (Å²) in [6.07, 6.45) is 0.728. The molecule has 3 aromatic rings. The average Bonchev–Trinajstić information content (AvgIpc) is 2.79. The molecule has 0 unspecified atom stereocenters. The minimum atomic E-state index is -0.602. The van der Waals surface area contributed by atoms with Crippen LogP contribution in [0.2, 0.25) is 0 Å². The van der Waals surface area contributed by atoms with E-state index in [9.17, 15) is 9.59 Å². The largest absolute Gasteiger partial charge is 0.354 e. The van der Waals surface area contributed by atoms with Crippen LogP contribution in [0.4, 0.5) is 0 Å². The maximum atomic E-state index is 13.8. The Balaban J connectivity index is 1.97. The molecule has 0 aliphatic rings. The lowest BCUT2D eigenvalue weighted by Crippen LogP contribution is -2.51. The molecule has 0 saturated heterocycles. The Morgan fingerprint density at radius 3 is 2.03 bits per heavy atom. The van der Waals surface area contributed by atoms with Crippen LogP contribution in [-0.2, 0) is 29.0 Å². The van der Waals surface area contributed by atoms with Gasteiger partial charge >= 0.3 is 0 Å². The summed E-state index contributed by atoms with van der Waals surface area (Å²) in [5, 5.41) is 3.08. The number of amides is 2. The zero-order valence-corrected chi connectivity index (χ0v) is 21.7. The molecular formula is C31H38N2O2. The van der Waals surface area contributed by atoms with Crippen molar-refractivity contribution < 1.29 is 9.59 Å². The molecule has 4 heteroatoms. The molecule has 1 N–H and O–H groups in total. The molecule has 0 spiro atoms. The first-order chi connectivity index (χ1) is 16.7. The van der Waals surface area contributed by atoms with Crippen LogP contribution in [0.5, 0.6) is 0 Å². The van der Waals surface area contributed by atoms with Crippen LogP contribution in [-0.4, -0.2) is 29.3 Å². The Morgan fingerprint density at radius 2 is 1.40 bits per heavy atom. The van der Waals surface area contributed by atoms with E-state index in [1.165, 1.54) is 0 Å². The number of nitrogens with zero attached hydrogens (tertiary/aromatic N) is 1. The van der Waals surface area contributed by atoms with Gasteiger partial charge in [0, 0.05) is 19.5 Å². The first-order valence-electron chi connectivity index (χ1n) is 12.4. The molecule has 184 valence electrons. The van der Waals surface area contributed by atoms with Crippen molar-refractivity contribution in [3.63, 3.8) is 0 Å². The highest BCUT2D eigenvalue weighted by Crippen LogP contribution is 2.18. The van der Waals surface area contributed by atoms with Crippen molar-refractivity contribution in [3.05, 3.63) is 106 Å². The lowest BCUT2D eigenvalue weighted by molar-refractivity contribution is -0.140. The highest BCUT2D eigenvalue weighted by atomic mass is 16.2. The second-order valence-electron chi connectivity index (χ2n) is 10.0. The summed E-state index contributed by atoms with van der Waals surface area (Å²) in [7, 11) is 0. The Labute approximate surface area is 210 Å². The van der Waals surface area contributed by atoms with E-state index in [0.29, 0.717) is 25.4 Å². The van der Waals surface area contributed by atoms with Crippen LogP contribution in [0.1, 0.15) is 47.2 Å². The lowest BCUT2D eigenvalue weighted by atomic mass is 10.00. The quantitative estimate of drug-likeness (QED) is 0.421. The van der Waals surface area contributed by atoms with E-state index in [4.69, 9.17) is 0 Å². The second-order valence-corrected chi connectivity index (χ2v) is 10.0. The summed E-state index contributed by atoms with van der Waals surface area (Å²) in [5.41, 5.74) is 6.43. The van der Waals surface area contributed by atoms with Gasteiger partial charge in [-0.25, -0.2) is 0 Å². The number of nitrogens with one attached hydrogen (secondary N) is 1. The fourth-order valence-electron chi connectivity index (χ4n) is 4.43. The molecule has 0 aromatic heterocycles. The van der Waals surface area contributed by atoms with Gasteiger partial charge in [0.1, 0.15) is 6.04 Å². The van der Waals surface area contributed by atoms with Crippen molar-refractivity contribution in [3.8, 4) is 0 Å². The molecule has 35 heavy (non-hydrogen) atoms. The number of hydrogen-bond donors (Lipinski definition) is 1. The molecule has 4 nitrogen and oxygen atoms in total. The first-order valence-corrected chi connectivity index (χ1v) is 12.4.